The molecule has 0 unspecified atom stereocenters. The lowest BCUT2D eigenvalue weighted by atomic mass is 10.2. The van der Waals surface area contributed by atoms with Crippen LogP contribution < -0.4 is 21.3 Å². The van der Waals surface area contributed by atoms with Crippen molar-refractivity contribution in [2.24, 2.45) is 0 Å². The average Bonchev–Trinajstić information content (AvgIpc) is 2.92. The maximum atomic E-state index is 12.5. The maximum Gasteiger partial charge on any atom is 0.245 e. The molecule has 4 amide bonds. The van der Waals surface area contributed by atoms with Crippen molar-refractivity contribution in [1.82, 2.24) is 31.1 Å². The van der Waals surface area contributed by atoms with E-state index in [1.165, 1.54) is 35.4 Å². The normalized spacial score (nSPS) is 13.2. The highest BCUT2D eigenvalue weighted by Gasteiger charge is 2.27. The topological polar surface area (TPSA) is 197 Å². The van der Waals surface area contributed by atoms with Crippen molar-refractivity contribution in [2.45, 2.75) is 65.7 Å². The number of carbonyl (C=O) groups excluding carboxylic acids is 6. The molecule has 4 atom stereocenters. The van der Waals surface area contributed by atoms with E-state index >= 15 is 0 Å². The van der Waals surface area contributed by atoms with Gasteiger partial charge in [0.2, 0.25) is 23.6 Å². The number of Topliss-reactive ketones (excluding diaryl/α,β-unsaturated/α-hetero) is 2. The summed E-state index contributed by atoms with van der Waals surface area (Å²) in [5.74, 6) is -2.83. The van der Waals surface area contributed by atoms with Gasteiger partial charge < -0.3 is 41.3 Å². The number of carbonyl (C=O) groups is 6. The molecule has 0 radical (unpaired) electrons. The van der Waals surface area contributed by atoms with E-state index in [1.807, 2.05) is 27.7 Å². The van der Waals surface area contributed by atoms with Gasteiger partial charge in [0, 0.05) is 11.5 Å². The largest absolute Gasteiger partial charge is 0.394 e. The molecule has 16 heteroatoms. The smallest absolute Gasteiger partial charge is 0.245 e. The Morgan fingerprint density at radius 1 is 0.571 bits per heavy atom. The van der Waals surface area contributed by atoms with Crippen molar-refractivity contribution in [1.29, 1.82) is 0 Å². The van der Waals surface area contributed by atoms with Gasteiger partial charge in [0.25, 0.3) is 0 Å². The van der Waals surface area contributed by atoms with Gasteiger partial charge >= 0.3 is 0 Å². The van der Waals surface area contributed by atoms with Gasteiger partial charge in [0.15, 0.2) is 11.6 Å². The van der Waals surface area contributed by atoms with E-state index in [0.717, 1.165) is 0 Å². The lowest BCUT2D eigenvalue weighted by Crippen LogP contribution is -2.54. The van der Waals surface area contributed by atoms with E-state index < -0.39 is 61.0 Å². The molecule has 0 aromatic carbocycles. The highest BCUT2D eigenvalue weighted by molar-refractivity contribution is 8.76. The molecule has 0 fully saturated rings. The maximum absolute atomic E-state index is 12.5. The number of ketones is 2. The second kappa shape index (κ2) is 26.4. The SMILES string of the molecule is CC.CC.CC(=O)[C@H](CSSC[C@@H](NC(=O)[C@@H](CO)NC(=O)CN(C)C)C(C)=O)NC(=O)[C@H](CO)NC(=O)CN(C)C. The first-order valence-electron chi connectivity index (χ1n) is 13.7. The Labute approximate surface area is 258 Å². The molecule has 0 aromatic rings. The zero-order valence-electron chi connectivity index (χ0n) is 26.6. The molecule has 6 N–H and O–H groups in total. The van der Waals surface area contributed by atoms with E-state index in [1.54, 1.807) is 38.0 Å². The minimum absolute atomic E-state index is 0.0156. The number of hydrogen-bond acceptors (Lipinski definition) is 12. The molecule has 0 aliphatic carbocycles. The second-order valence-electron chi connectivity index (χ2n) is 8.99. The molecule has 0 aliphatic rings. The fourth-order valence-corrected chi connectivity index (χ4v) is 5.24. The zero-order chi connectivity index (χ0) is 33.4. The number of amides is 4. The number of rotatable bonds is 19. The zero-order valence-corrected chi connectivity index (χ0v) is 28.2. The van der Waals surface area contributed by atoms with Crippen molar-refractivity contribution in [2.75, 3.05) is 66.0 Å². The fraction of sp³-hybridized carbons (Fsp3) is 0.769. The number of aliphatic hydroxyl groups is 2. The van der Waals surface area contributed by atoms with E-state index in [-0.39, 0.29) is 36.2 Å². The Kier molecular flexibility index (Phi) is 27.8. The molecular formula is C26H52N6O8S2. The minimum atomic E-state index is -1.23. The third-order valence-electron chi connectivity index (χ3n) is 4.76. The van der Waals surface area contributed by atoms with Crippen LogP contribution in [0.5, 0.6) is 0 Å². The Balaban J connectivity index is -0.00000363. The molecular weight excluding hydrogens is 588 g/mol. The van der Waals surface area contributed by atoms with Crippen molar-refractivity contribution in [3.05, 3.63) is 0 Å². The lowest BCUT2D eigenvalue weighted by Gasteiger charge is -2.22. The molecule has 14 nitrogen and oxygen atoms in total. The van der Waals surface area contributed by atoms with Crippen molar-refractivity contribution < 1.29 is 39.0 Å². The van der Waals surface area contributed by atoms with E-state index in [4.69, 9.17) is 0 Å². The van der Waals surface area contributed by atoms with Crippen LogP contribution in [0.3, 0.4) is 0 Å². The summed E-state index contributed by atoms with van der Waals surface area (Å²) in [6.45, 7) is 9.30. The first kappa shape index (κ1) is 44.2. The second-order valence-corrected chi connectivity index (χ2v) is 11.5. The molecule has 0 aromatic heterocycles. The van der Waals surface area contributed by atoms with Gasteiger partial charge in [-0.3, -0.25) is 28.8 Å². The standard InChI is InChI=1S/C22H40N6O8S2.2C2H6/c1-13(31)17(25-21(35)15(9-29)23-19(33)7-27(3)4)11-37-38-12-18(14(2)32)26-22(36)16(10-30)24-20(34)8-28(5)6;2*1-2/h15-18,29-30H,7-12H2,1-6H3,(H,23,33)(H,24,34)(H,25,35)(H,26,36);2*1-2H3/t15-,16+,17-,18+;;. The lowest BCUT2D eigenvalue weighted by molar-refractivity contribution is -0.132. The number of nitrogens with one attached hydrogen (secondary N) is 4. The minimum Gasteiger partial charge on any atom is -0.394 e. The Bertz CT molecular complexity index is 767. The Hall–Kier alpha value is -2.24. The predicted octanol–water partition coefficient (Wildman–Crippen LogP) is -1.35. The summed E-state index contributed by atoms with van der Waals surface area (Å²) in [4.78, 5) is 76.0. The summed E-state index contributed by atoms with van der Waals surface area (Å²) < 4.78 is 0. The van der Waals surface area contributed by atoms with Gasteiger partial charge in [0.05, 0.1) is 38.4 Å². The highest BCUT2D eigenvalue weighted by atomic mass is 33.1. The first-order chi connectivity index (χ1) is 19.7. The van der Waals surface area contributed by atoms with Gasteiger partial charge in [-0.25, -0.2) is 0 Å². The quantitative estimate of drug-likeness (QED) is 0.0718. The Morgan fingerprint density at radius 2 is 0.857 bits per heavy atom. The summed E-state index contributed by atoms with van der Waals surface area (Å²) in [6.07, 6.45) is 0. The van der Waals surface area contributed by atoms with Crippen molar-refractivity contribution in [3.8, 4) is 0 Å². The summed E-state index contributed by atoms with van der Waals surface area (Å²) >= 11 is 0. The van der Waals surface area contributed by atoms with Crippen LogP contribution in [0.4, 0.5) is 0 Å². The predicted molar refractivity (Wildman–Crippen MR) is 168 cm³/mol. The first-order valence-corrected chi connectivity index (χ1v) is 16.2. The van der Waals surface area contributed by atoms with Crippen LogP contribution in [-0.4, -0.2) is 145 Å². The average molecular weight is 641 g/mol. The molecule has 0 rings (SSSR count). The van der Waals surface area contributed by atoms with Crippen molar-refractivity contribution >= 4 is 56.8 Å². The summed E-state index contributed by atoms with van der Waals surface area (Å²) in [7, 11) is 9.04. The third-order valence-corrected chi connectivity index (χ3v) is 7.18. The van der Waals surface area contributed by atoms with E-state index in [2.05, 4.69) is 21.3 Å². The van der Waals surface area contributed by atoms with E-state index in [9.17, 15) is 39.0 Å². The van der Waals surface area contributed by atoms with Crippen LogP contribution in [0.2, 0.25) is 0 Å². The molecule has 0 saturated heterocycles. The van der Waals surface area contributed by atoms with Gasteiger partial charge in [-0.1, -0.05) is 49.3 Å². The number of nitrogens with zero attached hydrogens (tertiary/aromatic N) is 2. The highest BCUT2D eigenvalue weighted by Crippen LogP contribution is 2.23. The molecule has 0 heterocycles. The summed E-state index contributed by atoms with van der Waals surface area (Å²) in [6, 6.07) is -4.29. The van der Waals surface area contributed by atoms with Crippen LogP contribution in [0.15, 0.2) is 0 Å². The van der Waals surface area contributed by atoms with Crippen LogP contribution in [0.1, 0.15) is 41.5 Å². The number of hydrogen-bond donors (Lipinski definition) is 6. The number of aliphatic hydroxyl groups excluding tert-OH is 2. The molecule has 0 aliphatic heterocycles. The summed E-state index contributed by atoms with van der Waals surface area (Å²) in [5.41, 5.74) is 0. The molecule has 0 bridgehead atoms. The Morgan fingerprint density at radius 3 is 1.07 bits per heavy atom. The monoisotopic (exact) mass is 640 g/mol. The van der Waals surface area contributed by atoms with Crippen LogP contribution in [0, 0.1) is 0 Å². The number of likely N-dealkylation sites (N-methyl/N-ethyl adjacent to an activating group) is 2. The molecule has 42 heavy (non-hydrogen) atoms. The third kappa shape index (κ3) is 21.5. The fourth-order valence-electron chi connectivity index (χ4n) is 2.74. The van der Waals surface area contributed by atoms with Crippen molar-refractivity contribution in [3.63, 3.8) is 0 Å². The van der Waals surface area contributed by atoms with Gasteiger partial charge in [-0.15, -0.1) is 0 Å². The van der Waals surface area contributed by atoms with Gasteiger partial charge in [-0.05, 0) is 42.0 Å². The van der Waals surface area contributed by atoms with E-state index in [0.29, 0.717) is 0 Å². The van der Waals surface area contributed by atoms with Crippen LogP contribution in [-0.2, 0) is 28.8 Å². The molecule has 0 saturated carbocycles. The van der Waals surface area contributed by atoms with Crippen LogP contribution >= 0.6 is 21.6 Å². The molecule has 246 valence electrons. The van der Waals surface area contributed by atoms with Crippen LogP contribution in [0.25, 0.3) is 0 Å². The molecule has 0 spiro atoms. The van der Waals surface area contributed by atoms with Gasteiger partial charge in [0.1, 0.15) is 12.1 Å². The summed E-state index contributed by atoms with van der Waals surface area (Å²) in [5, 5.41) is 28.8. The van der Waals surface area contributed by atoms with Gasteiger partial charge in [-0.2, -0.15) is 0 Å².